The first-order valence-corrected chi connectivity index (χ1v) is 12.2. The summed E-state index contributed by atoms with van der Waals surface area (Å²) in [5, 5.41) is 41.6. The molecule has 1 aromatic heterocycles. The number of furan rings is 1. The molecule has 37 heavy (non-hydrogen) atoms. The van der Waals surface area contributed by atoms with Crippen LogP contribution in [0.2, 0.25) is 0 Å². The van der Waals surface area contributed by atoms with Crippen LogP contribution in [0.4, 0.5) is 0 Å². The highest BCUT2D eigenvalue weighted by molar-refractivity contribution is 5.26. The maximum absolute atomic E-state index is 11.1. The second-order valence-electron chi connectivity index (χ2n) is 9.05. The Labute approximate surface area is 215 Å². The van der Waals surface area contributed by atoms with E-state index in [1.165, 1.54) is 6.26 Å². The average molecular weight is 515 g/mol. The number of aliphatic hydroxyl groups excluding tert-OH is 4. The molecular weight excluding hydrogens is 480 g/mol. The molecule has 4 rings (SSSR count). The number of hydrogen-bond donors (Lipinski definition) is 4. The van der Waals surface area contributed by atoms with Crippen molar-refractivity contribution in [3.8, 4) is 5.75 Å². The van der Waals surface area contributed by atoms with Gasteiger partial charge in [-0.3, -0.25) is 0 Å². The van der Waals surface area contributed by atoms with Crippen molar-refractivity contribution in [2.75, 3.05) is 13.7 Å². The summed E-state index contributed by atoms with van der Waals surface area (Å²) in [5.41, 5.74) is 1.79. The van der Waals surface area contributed by atoms with E-state index in [4.69, 9.17) is 23.4 Å². The monoisotopic (exact) mass is 514 g/mol. The van der Waals surface area contributed by atoms with Gasteiger partial charge in [0.1, 0.15) is 42.0 Å². The summed E-state index contributed by atoms with van der Waals surface area (Å²) in [5.74, 6) is 0.899. The Hall–Kier alpha value is -2.76. The lowest BCUT2D eigenvalue weighted by Gasteiger charge is -2.28. The molecule has 0 amide bonds. The second-order valence-corrected chi connectivity index (χ2v) is 9.05. The minimum atomic E-state index is -1.41. The molecule has 2 aromatic carbocycles. The molecule has 0 radical (unpaired) electrons. The van der Waals surface area contributed by atoms with Crippen molar-refractivity contribution in [2.24, 2.45) is 0 Å². The zero-order valence-corrected chi connectivity index (χ0v) is 20.6. The molecule has 1 saturated heterocycles. The second kappa shape index (κ2) is 13.2. The SMILES string of the molecule is COc1ccc(CO[C@@H]2[C@@H](OCc3ccccc3)[C@@H](C[C@H](O)CO)O[C@H]2[C@H](O)[C@@H](O)c2ccco2)cc1. The van der Waals surface area contributed by atoms with E-state index in [0.29, 0.717) is 5.75 Å². The summed E-state index contributed by atoms with van der Waals surface area (Å²) < 4.78 is 29.2. The predicted molar refractivity (Wildman–Crippen MR) is 133 cm³/mol. The van der Waals surface area contributed by atoms with Gasteiger partial charge in [0.2, 0.25) is 0 Å². The van der Waals surface area contributed by atoms with Gasteiger partial charge in [-0.15, -0.1) is 0 Å². The first kappa shape index (κ1) is 27.3. The van der Waals surface area contributed by atoms with Crippen molar-refractivity contribution in [1.29, 1.82) is 0 Å². The largest absolute Gasteiger partial charge is 0.497 e. The Kier molecular flexibility index (Phi) is 9.70. The van der Waals surface area contributed by atoms with E-state index in [0.717, 1.165) is 11.1 Å². The van der Waals surface area contributed by atoms with Gasteiger partial charge >= 0.3 is 0 Å². The van der Waals surface area contributed by atoms with Crippen LogP contribution in [-0.4, -0.2) is 70.8 Å². The summed E-state index contributed by atoms with van der Waals surface area (Å²) in [6.07, 6.45) is -5.60. The van der Waals surface area contributed by atoms with Crippen LogP contribution in [-0.2, 0) is 27.4 Å². The van der Waals surface area contributed by atoms with Gasteiger partial charge in [0.25, 0.3) is 0 Å². The summed E-state index contributed by atoms with van der Waals surface area (Å²) in [7, 11) is 1.59. The lowest BCUT2D eigenvalue weighted by Crippen LogP contribution is -2.44. The number of methoxy groups -OCH3 is 1. The highest BCUT2D eigenvalue weighted by Gasteiger charge is 2.51. The Bertz CT molecular complexity index is 1040. The van der Waals surface area contributed by atoms with E-state index in [9.17, 15) is 20.4 Å². The van der Waals surface area contributed by atoms with E-state index in [1.54, 1.807) is 19.2 Å². The van der Waals surface area contributed by atoms with Gasteiger partial charge in [0.05, 0.1) is 45.4 Å². The van der Waals surface area contributed by atoms with Crippen LogP contribution in [0, 0.1) is 0 Å². The van der Waals surface area contributed by atoms with Crippen LogP contribution in [0.25, 0.3) is 0 Å². The van der Waals surface area contributed by atoms with Gasteiger partial charge in [-0.2, -0.15) is 0 Å². The third kappa shape index (κ3) is 6.97. The fourth-order valence-electron chi connectivity index (χ4n) is 4.44. The van der Waals surface area contributed by atoms with E-state index >= 15 is 0 Å². The molecule has 0 spiro atoms. The standard InChI is InChI=1S/C28H34O9/c1-33-21-11-9-19(10-12-21)17-36-28-26(35-16-18-6-3-2-4-7-18)23(14-20(30)15-29)37-27(28)25(32)24(31)22-8-5-13-34-22/h2-13,20,23-32H,14-17H2,1H3/t20-,23+,24-,25+,26-,27-,28+/m0/s1. The van der Waals surface area contributed by atoms with Crippen molar-refractivity contribution in [2.45, 2.75) is 62.4 Å². The van der Waals surface area contributed by atoms with Crippen LogP contribution >= 0.6 is 0 Å². The van der Waals surface area contributed by atoms with Gasteiger partial charge in [0.15, 0.2) is 0 Å². The van der Waals surface area contributed by atoms with Gasteiger partial charge in [0, 0.05) is 6.42 Å². The number of benzene rings is 2. The molecule has 9 heteroatoms. The van der Waals surface area contributed by atoms with Gasteiger partial charge in [-0.25, -0.2) is 0 Å². The molecule has 200 valence electrons. The Balaban J connectivity index is 1.58. The van der Waals surface area contributed by atoms with E-state index in [-0.39, 0.29) is 25.4 Å². The number of aliphatic hydroxyl groups is 4. The normalized spacial score (nSPS) is 24.0. The number of ether oxygens (including phenoxy) is 4. The van der Waals surface area contributed by atoms with Crippen molar-refractivity contribution in [3.63, 3.8) is 0 Å². The minimum Gasteiger partial charge on any atom is -0.497 e. The molecule has 2 heterocycles. The average Bonchev–Trinajstić information content (AvgIpc) is 3.59. The number of hydrogen-bond acceptors (Lipinski definition) is 9. The van der Waals surface area contributed by atoms with Gasteiger partial charge in [-0.05, 0) is 35.4 Å². The van der Waals surface area contributed by atoms with Crippen LogP contribution in [0.5, 0.6) is 5.75 Å². The zero-order valence-electron chi connectivity index (χ0n) is 20.6. The van der Waals surface area contributed by atoms with Crippen LogP contribution in [0.15, 0.2) is 77.4 Å². The first-order valence-electron chi connectivity index (χ1n) is 12.2. The molecule has 0 bridgehead atoms. The highest BCUT2D eigenvalue weighted by Crippen LogP contribution is 2.36. The predicted octanol–water partition coefficient (Wildman–Crippen LogP) is 2.36. The lowest BCUT2D eigenvalue weighted by atomic mass is 9.97. The van der Waals surface area contributed by atoms with E-state index in [2.05, 4.69) is 0 Å². The van der Waals surface area contributed by atoms with Gasteiger partial charge < -0.3 is 43.8 Å². The molecule has 0 unspecified atom stereocenters. The summed E-state index contributed by atoms with van der Waals surface area (Å²) >= 11 is 0. The molecule has 1 aliphatic rings. The molecule has 7 atom stereocenters. The Morgan fingerprint density at radius 3 is 2.14 bits per heavy atom. The molecule has 1 aliphatic heterocycles. The number of rotatable bonds is 13. The molecule has 9 nitrogen and oxygen atoms in total. The van der Waals surface area contributed by atoms with Crippen molar-refractivity contribution in [1.82, 2.24) is 0 Å². The lowest BCUT2D eigenvalue weighted by molar-refractivity contribution is -0.132. The maximum Gasteiger partial charge on any atom is 0.140 e. The van der Waals surface area contributed by atoms with E-state index in [1.807, 2.05) is 54.6 Å². The summed E-state index contributed by atoms with van der Waals surface area (Å²) in [4.78, 5) is 0. The molecular formula is C28H34O9. The van der Waals surface area contributed by atoms with E-state index < -0.39 is 49.3 Å². The van der Waals surface area contributed by atoms with Crippen LogP contribution in [0.3, 0.4) is 0 Å². The minimum absolute atomic E-state index is 0.0540. The summed E-state index contributed by atoms with van der Waals surface area (Å²) in [6.45, 7) is -0.0318. The Morgan fingerprint density at radius 1 is 0.838 bits per heavy atom. The molecule has 4 N–H and O–H groups in total. The molecule has 1 fully saturated rings. The fraction of sp³-hybridized carbons (Fsp3) is 0.429. The van der Waals surface area contributed by atoms with Gasteiger partial charge in [-0.1, -0.05) is 42.5 Å². The van der Waals surface area contributed by atoms with Crippen molar-refractivity contribution >= 4 is 0 Å². The molecule has 0 saturated carbocycles. The van der Waals surface area contributed by atoms with Crippen molar-refractivity contribution < 1.29 is 43.8 Å². The van der Waals surface area contributed by atoms with Crippen molar-refractivity contribution in [3.05, 3.63) is 89.9 Å². The highest BCUT2D eigenvalue weighted by atomic mass is 16.6. The van der Waals surface area contributed by atoms with Crippen LogP contribution in [0.1, 0.15) is 29.4 Å². The zero-order chi connectivity index (χ0) is 26.2. The third-order valence-corrected chi connectivity index (χ3v) is 6.44. The first-order chi connectivity index (χ1) is 18.0. The summed E-state index contributed by atoms with van der Waals surface area (Å²) in [6, 6.07) is 20.1. The molecule has 0 aliphatic carbocycles. The van der Waals surface area contributed by atoms with Crippen LogP contribution < -0.4 is 4.74 Å². The maximum atomic E-state index is 11.1. The quantitative estimate of drug-likeness (QED) is 0.271. The smallest absolute Gasteiger partial charge is 0.140 e. The fourth-order valence-corrected chi connectivity index (χ4v) is 4.44. The third-order valence-electron chi connectivity index (χ3n) is 6.44. The topological polar surface area (TPSA) is 131 Å². The Morgan fingerprint density at radius 2 is 1.51 bits per heavy atom. The molecule has 3 aromatic rings.